The summed E-state index contributed by atoms with van der Waals surface area (Å²) in [4.78, 5) is 40.2. The predicted octanol–water partition coefficient (Wildman–Crippen LogP) is 5.16. The molecule has 1 aliphatic rings. The number of carbonyl (C=O) groups excluding carboxylic acids is 2. The number of aromatic nitrogens is 1. The first-order valence-electron chi connectivity index (χ1n) is 11.3. The van der Waals surface area contributed by atoms with Crippen molar-refractivity contribution in [1.29, 1.82) is 0 Å². The summed E-state index contributed by atoms with van der Waals surface area (Å²) in [6.45, 7) is 0. The number of ether oxygens (including phenoxy) is 1. The molecule has 0 saturated heterocycles. The summed E-state index contributed by atoms with van der Waals surface area (Å²) in [7, 11) is 1.38. The van der Waals surface area contributed by atoms with Gasteiger partial charge in [0, 0.05) is 24.1 Å². The van der Waals surface area contributed by atoms with Crippen LogP contribution in [0.25, 0.3) is 11.1 Å². The number of amides is 2. The molecule has 37 heavy (non-hydrogen) atoms. The lowest BCUT2D eigenvalue weighted by Crippen LogP contribution is -2.15. The van der Waals surface area contributed by atoms with E-state index in [1.54, 1.807) is 67.0 Å². The number of fused-ring (bicyclic) bond motifs is 2. The molecule has 2 amide bonds. The van der Waals surface area contributed by atoms with Crippen LogP contribution in [0.5, 0.6) is 5.75 Å². The fraction of sp³-hybridized carbons (Fsp3) is 0.0741. The van der Waals surface area contributed by atoms with E-state index in [0.29, 0.717) is 33.9 Å². The fourth-order valence-corrected chi connectivity index (χ4v) is 4.10. The van der Waals surface area contributed by atoms with Gasteiger partial charge in [0.1, 0.15) is 0 Å². The van der Waals surface area contributed by atoms with Gasteiger partial charge in [0.05, 0.1) is 41.1 Å². The van der Waals surface area contributed by atoms with Crippen LogP contribution >= 0.6 is 0 Å². The zero-order chi connectivity index (χ0) is 25.9. The second-order valence-electron chi connectivity index (χ2n) is 8.33. The Balaban J connectivity index is 1.40. The minimum Gasteiger partial charge on any atom is -0.490 e. The van der Waals surface area contributed by atoms with Gasteiger partial charge in [-0.1, -0.05) is 12.1 Å². The van der Waals surface area contributed by atoms with Crippen LogP contribution in [0.2, 0.25) is 0 Å². The molecule has 3 N–H and O–H groups in total. The summed E-state index contributed by atoms with van der Waals surface area (Å²) in [5.41, 5.74) is 4.81. The highest BCUT2D eigenvalue weighted by molar-refractivity contribution is 6.13. The lowest BCUT2D eigenvalue weighted by atomic mass is 10.0. The van der Waals surface area contributed by atoms with E-state index in [2.05, 4.69) is 20.9 Å². The van der Waals surface area contributed by atoms with E-state index in [1.165, 1.54) is 13.2 Å². The quantitative estimate of drug-likeness (QED) is 0.248. The number of pyridine rings is 1. The van der Waals surface area contributed by atoms with E-state index in [1.807, 2.05) is 6.07 Å². The number of hydrogen-bond donors (Lipinski definition) is 3. The number of nitrogens with one attached hydrogen (secondary N) is 3. The summed E-state index contributed by atoms with van der Waals surface area (Å²) in [6, 6.07) is 18.7. The second kappa shape index (κ2) is 9.78. The van der Waals surface area contributed by atoms with Crippen LogP contribution in [-0.2, 0) is 11.2 Å². The minimum atomic E-state index is -0.502. The Morgan fingerprint density at radius 2 is 1.81 bits per heavy atom. The van der Waals surface area contributed by atoms with Gasteiger partial charge in [-0.05, 0) is 65.2 Å². The van der Waals surface area contributed by atoms with Crippen molar-refractivity contribution < 1.29 is 19.2 Å². The Bertz CT molecular complexity index is 1540. The third kappa shape index (κ3) is 4.94. The molecular weight excluding hydrogens is 474 g/mol. The van der Waals surface area contributed by atoms with E-state index in [0.717, 1.165) is 11.1 Å². The molecule has 0 bridgehead atoms. The molecule has 10 heteroatoms. The largest absolute Gasteiger partial charge is 0.490 e. The van der Waals surface area contributed by atoms with Gasteiger partial charge in [-0.25, -0.2) is 0 Å². The zero-order valence-electron chi connectivity index (χ0n) is 19.6. The van der Waals surface area contributed by atoms with Crippen LogP contribution < -0.4 is 20.7 Å². The summed E-state index contributed by atoms with van der Waals surface area (Å²) in [5.74, 6) is -0.369. The van der Waals surface area contributed by atoms with Crippen LogP contribution in [0.1, 0.15) is 15.9 Å². The number of anilines is 4. The number of methoxy groups -OCH3 is 1. The average molecular weight is 495 g/mol. The highest BCUT2D eigenvalue weighted by Gasteiger charge is 2.21. The molecule has 0 fully saturated rings. The normalized spacial score (nSPS) is 11.8. The molecule has 5 rings (SSSR count). The maximum atomic E-state index is 13.0. The molecule has 0 radical (unpaired) electrons. The number of nitrogens with zero attached hydrogens (tertiary/aromatic N) is 2. The van der Waals surface area contributed by atoms with Crippen LogP contribution in [0, 0.1) is 10.1 Å². The van der Waals surface area contributed by atoms with Crippen molar-refractivity contribution >= 4 is 40.3 Å². The van der Waals surface area contributed by atoms with Crippen molar-refractivity contribution in [3.8, 4) is 16.9 Å². The Kier molecular flexibility index (Phi) is 6.21. The summed E-state index contributed by atoms with van der Waals surface area (Å²) in [6.07, 6.45) is 3.46. The van der Waals surface area contributed by atoms with Crippen molar-refractivity contribution in [3.05, 3.63) is 100 Å². The van der Waals surface area contributed by atoms with Gasteiger partial charge in [-0.2, -0.15) is 0 Å². The predicted molar refractivity (Wildman–Crippen MR) is 139 cm³/mol. The summed E-state index contributed by atoms with van der Waals surface area (Å²) in [5, 5.41) is 20.2. The molecular formula is C27H21N5O5. The van der Waals surface area contributed by atoms with Gasteiger partial charge in [0.2, 0.25) is 5.91 Å². The number of nitro groups is 1. The number of carbonyl (C=O) groups is 2. The molecule has 2 heterocycles. The Hall–Kier alpha value is -5.25. The van der Waals surface area contributed by atoms with E-state index in [9.17, 15) is 19.7 Å². The van der Waals surface area contributed by atoms with Crippen molar-refractivity contribution in [1.82, 2.24) is 4.98 Å². The monoisotopic (exact) mass is 495 g/mol. The lowest BCUT2D eigenvalue weighted by molar-refractivity contribution is -0.385. The molecule has 4 aromatic rings. The second-order valence-corrected chi connectivity index (χ2v) is 8.33. The summed E-state index contributed by atoms with van der Waals surface area (Å²) < 4.78 is 5.18. The summed E-state index contributed by atoms with van der Waals surface area (Å²) >= 11 is 0. The maximum Gasteiger partial charge on any atom is 0.310 e. The Morgan fingerprint density at radius 3 is 2.57 bits per heavy atom. The molecule has 3 aromatic carbocycles. The van der Waals surface area contributed by atoms with E-state index in [4.69, 9.17) is 4.74 Å². The third-order valence-electron chi connectivity index (χ3n) is 5.88. The van der Waals surface area contributed by atoms with Gasteiger partial charge in [-0.15, -0.1) is 0 Å². The van der Waals surface area contributed by atoms with E-state index in [-0.39, 0.29) is 29.7 Å². The average Bonchev–Trinajstić information content (AvgIpc) is 3.03. The molecule has 0 atom stereocenters. The van der Waals surface area contributed by atoms with Crippen LogP contribution in [0.4, 0.5) is 28.4 Å². The highest BCUT2D eigenvalue weighted by atomic mass is 16.6. The number of nitro benzene ring substituents is 1. The van der Waals surface area contributed by atoms with Crippen molar-refractivity contribution in [2.75, 3.05) is 23.1 Å². The van der Waals surface area contributed by atoms with Crippen molar-refractivity contribution in [3.63, 3.8) is 0 Å². The molecule has 1 aliphatic heterocycles. The number of hydrogen-bond acceptors (Lipinski definition) is 7. The van der Waals surface area contributed by atoms with Gasteiger partial charge in [-0.3, -0.25) is 24.7 Å². The van der Waals surface area contributed by atoms with Gasteiger partial charge < -0.3 is 20.7 Å². The lowest BCUT2D eigenvalue weighted by Gasteiger charge is -2.12. The molecule has 0 spiro atoms. The number of benzene rings is 3. The maximum absolute atomic E-state index is 13.0. The zero-order valence-corrected chi connectivity index (χ0v) is 19.6. The smallest absolute Gasteiger partial charge is 0.310 e. The fourth-order valence-electron chi connectivity index (χ4n) is 4.10. The van der Waals surface area contributed by atoms with E-state index < -0.39 is 4.92 Å². The first-order valence-corrected chi connectivity index (χ1v) is 11.3. The van der Waals surface area contributed by atoms with Crippen LogP contribution in [-0.4, -0.2) is 28.8 Å². The van der Waals surface area contributed by atoms with Gasteiger partial charge >= 0.3 is 5.69 Å². The SMILES string of the molecule is COc1cc(-c2ccc3c(c2)Nc2ccc(NC(=O)Cc4cccnc4)cc2NC3=O)ccc1[N+](=O)[O-]. The van der Waals surface area contributed by atoms with E-state index >= 15 is 0 Å². The first-order chi connectivity index (χ1) is 17.9. The standard InChI is InChI=1S/C27H21N5O5/c1-37-25-13-18(5-9-24(25)32(35)36)17-4-7-20-22(12-17)30-21-8-6-19(14-23(21)31-27(20)34)29-26(33)11-16-3-2-10-28-15-16/h2-10,12-15,30H,11H2,1H3,(H,29,33)(H,31,34). The molecule has 0 saturated carbocycles. The topological polar surface area (TPSA) is 135 Å². The minimum absolute atomic E-state index is 0.129. The van der Waals surface area contributed by atoms with Crippen LogP contribution in [0.15, 0.2) is 79.1 Å². The van der Waals surface area contributed by atoms with Crippen molar-refractivity contribution in [2.24, 2.45) is 0 Å². The van der Waals surface area contributed by atoms with Gasteiger partial charge in [0.25, 0.3) is 5.91 Å². The highest BCUT2D eigenvalue weighted by Crippen LogP contribution is 2.37. The Labute approximate surface area is 211 Å². The first kappa shape index (κ1) is 23.5. The molecule has 184 valence electrons. The third-order valence-corrected chi connectivity index (χ3v) is 5.88. The van der Waals surface area contributed by atoms with Gasteiger partial charge in [0.15, 0.2) is 5.75 Å². The molecule has 10 nitrogen and oxygen atoms in total. The number of rotatable bonds is 6. The molecule has 0 unspecified atom stereocenters. The molecule has 1 aromatic heterocycles. The Morgan fingerprint density at radius 1 is 1.00 bits per heavy atom. The molecule has 0 aliphatic carbocycles. The van der Waals surface area contributed by atoms with Crippen molar-refractivity contribution in [2.45, 2.75) is 6.42 Å². The van der Waals surface area contributed by atoms with Crippen LogP contribution in [0.3, 0.4) is 0 Å².